The van der Waals surface area contributed by atoms with Gasteiger partial charge in [-0.2, -0.15) is 0 Å². The molecule has 0 saturated heterocycles. The third-order valence-corrected chi connectivity index (χ3v) is 6.84. The number of aromatic hydroxyl groups is 6. The van der Waals surface area contributed by atoms with Gasteiger partial charge in [0.15, 0.2) is 34.5 Å². The largest absolute Gasteiger partial charge is 0.504 e. The lowest BCUT2D eigenvalue weighted by Crippen LogP contribution is -2.04. The van der Waals surface area contributed by atoms with Gasteiger partial charge in [0.2, 0.25) is 0 Å². The Morgan fingerprint density at radius 1 is 0.857 bits per heavy atom. The van der Waals surface area contributed by atoms with Crippen LogP contribution in [0, 0.1) is 13.8 Å². The molecule has 2 heterocycles. The molecule has 0 unspecified atom stereocenters. The van der Waals surface area contributed by atoms with Crippen LogP contribution in [0.2, 0.25) is 0 Å². The average molecular weight is 476 g/mol. The Balaban J connectivity index is 1.89. The lowest BCUT2D eigenvalue weighted by Gasteiger charge is -2.20. The smallest absolute Gasteiger partial charge is 0.168 e. The summed E-state index contributed by atoms with van der Waals surface area (Å²) in [7, 11) is 0. The molecule has 0 radical (unpaired) electrons. The number of benzene rings is 3. The van der Waals surface area contributed by atoms with Crippen LogP contribution in [0.5, 0.6) is 34.5 Å². The number of hydrogen-bond acceptors (Lipinski definition) is 8. The van der Waals surface area contributed by atoms with Crippen LogP contribution in [0.4, 0.5) is 5.69 Å². The SMILES string of the molecule is Cc1c(CCN)cc(-c2c(O)c(O)c(-c3c(O)c(O)c(C)c4c3N=CC4)c3cc[nH]c23)c(O)c1O. The van der Waals surface area contributed by atoms with E-state index < -0.39 is 23.0 Å². The van der Waals surface area contributed by atoms with Crippen molar-refractivity contribution in [2.45, 2.75) is 26.7 Å². The van der Waals surface area contributed by atoms with E-state index in [0.717, 1.165) is 0 Å². The molecule has 0 atom stereocenters. The van der Waals surface area contributed by atoms with Crippen molar-refractivity contribution in [3.05, 3.63) is 40.6 Å². The monoisotopic (exact) mass is 475 g/mol. The molecule has 1 aliphatic heterocycles. The molecule has 180 valence electrons. The molecule has 1 aromatic heterocycles. The zero-order chi connectivity index (χ0) is 25.2. The van der Waals surface area contributed by atoms with E-state index in [1.54, 1.807) is 38.4 Å². The number of fused-ring (bicyclic) bond motifs is 2. The summed E-state index contributed by atoms with van der Waals surface area (Å²) in [6.07, 6.45) is 4.10. The first-order valence-corrected chi connectivity index (χ1v) is 11.1. The molecule has 0 bridgehead atoms. The maximum absolute atomic E-state index is 11.2. The minimum absolute atomic E-state index is 0.0632. The fourth-order valence-corrected chi connectivity index (χ4v) is 4.93. The van der Waals surface area contributed by atoms with Crippen LogP contribution in [0.1, 0.15) is 22.3 Å². The average Bonchev–Trinajstić information content (AvgIpc) is 3.51. The van der Waals surface area contributed by atoms with Gasteiger partial charge in [0, 0.05) is 40.9 Å². The van der Waals surface area contributed by atoms with Crippen LogP contribution in [0.15, 0.2) is 23.3 Å². The lowest BCUT2D eigenvalue weighted by atomic mass is 9.88. The van der Waals surface area contributed by atoms with E-state index in [0.29, 0.717) is 58.2 Å². The summed E-state index contributed by atoms with van der Waals surface area (Å²) in [5.74, 6) is -2.75. The van der Waals surface area contributed by atoms with Crippen molar-refractivity contribution in [1.29, 1.82) is 0 Å². The quantitative estimate of drug-likeness (QED) is 0.205. The van der Waals surface area contributed by atoms with Gasteiger partial charge in [-0.15, -0.1) is 0 Å². The number of nitrogens with zero attached hydrogens (tertiary/aromatic N) is 1. The molecular weight excluding hydrogens is 450 g/mol. The summed E-state index contributed by atoms with van der Waals surface area (Å²) in [6.45, 7) is 3.63. The predicted octanol–water partition coefficient (Wildman–Crippen LogP) is 4.11. The summed E-state index contributed by atoms with van der Waals surface area (Å²) in [5, 5.41) is 65.6. The molecule has 0 spiro atoms. The van der Waals surface area contributed by atoms with Crippen LogP contribution >= 0.6 is 0 Å². The van der Waals surface area contributed by atoms with Crippen molar-refractivity contribution in [3.63, 3.8) is 0 Å². The molecule has 1 aliphatic rings. The maximum atomic E-state index is 11.2. The van der Waals surface area contributed by atoms with Gasteiger partial charge in [-0.05, 0) is 55.6 Å². The van der Waals surface area contributed by atoms with Crippen molar-refractivity contribution in [1.82, 2.24) is 4.98 Å². The van der Waals surface area contributed by atoms with E-state index in [4.69, 9.17) is 5.73 Å². The van der Waals surface area contributed by atoms with Gasteiger partial charge in [-0.1, -0.05) is 0 Å². The Morgan fingerprint density at radius 3 is 2.23 bits per heavy atom. The first-order chi connectivity index (χ1) is 16.7. The van der Waals surface area contributed by atoms with Gasteiger partial charge in [0.25, 0.3) is 0 Å². The second kappa shape index (κ2) is 7.85. The Bertz CT molecular complexity index is 1570. The van der Waals surface area contributed by atoms with Gasteiger partial charge in [0.05, 0.1) is 22.3 Å². The van der Waals surface area contributed by atoms with Gasteiger partial charge in [0.1, 0.15) is 0 Å². The number of aliphatic imine (C=N–C) groups is 1. The molecule has 0 amide bonds. The maximum Gasteiger partial charge on any atom is 0.168 e. The highest BCUT2D eigenvalue weighted by Gasteiger charge is 2.31. The Labute approximate surface area is 200 Å². The number of aromatic amines is 1. The van der Waals surface area contributed by atoms with Crippen LogP contribution in [0.3, 0.4) is 0 Å². The molecule has 5 rings (SSSR count). The highest BCUT2D eigenvalue weighted by atomic mass is 16.3. The van der Waals surface area contributed by atoms with Gasteiger partial charge < -0.3 is 41.4 Å². The van der Waals surface area contributed by atoms with Gasteiger partial charge >= 0.3 is 0 Å². The van der Waals surface area contributed by atoms with Crippen molar-refractivity contribution in [3.8, 4) is 56.8 Å². The zero-order valence-electron chi connectivity index (χ0n) is 19.1. The van der Waals surface area contributed by atoms with E-state index in [1.165, 1.54) is 0 Å². The van der Waals surface area contributed by atoms with Gasteiger partial charge in [-0.25, -0.2) is 0 Å². The van der Waals surface area contributed by atoms with Crippen molar-refractivity contribution in [2.24, 2.45) is 10.7 Å². The summed E-state index contributed by atoms with van der Waals surface area (Å²) < 4.78 is 0. The van der Waals surface area contributed by atoms with Crippen molar-refractivity contribution >= 4 is 22.8 Å². The highest BCUT2D eigenvalue weighted by Crippen LogP contribution is 2.58. The van der Waals surface area contributed by atoms with E-state index in [1.807, 2.05) is 0 Å². The Kier molecular flexibility index (Phi) is 5.03. The third kappa shape index (κ3) is 3.01. The molecule has 3 aromatic carbocycles. The van der Waals surface area contributed by atoms with E-state index >= 15 is 0 Å². The molecule has 0 saturated carbocycles. The number of aromatic nitrogens is 1. The summed E-state index contributed by atoms with van der Waals surface area (Å²) >= 11 is 0. The van der Waals surface area contributed by atoms with Crippen LogP contribution in [-0.2, 0) is 12.8 Å². The van der Waals surface area contributed by atoms with E-state index in [-0.39, 0.29) is 33.8 Å². The fraction of sp³-hybridized carbons (Fsp3) is 0.192. The highest BCUT2D eigenvalue weighted by molar-refractivity contribution is 6.13. The second-order valence-electron chi connectivity index (χ2n) is 8.70. The number of nitrogens with two attached hydrogens (primary N) is 1. The Hall–Kier alpha value is -4.37. The molecule has 0 aliphatic carbocycles. The molecular formula is C26H25N3O6. The van der Waals surface area contributed by atoms with Crippen LogP contribution in [-0.4, -0.2) is 48.4 Å². The molecule has 9 nitrogen and oxygen atoms in total. The number of rotatable bonds is 4. The van der Waals surface area contributed by atoms with Crippen molar-refractivity contribution in [2.75, 3.05) is 6.54 Å². The van der Waals surface area contributed by atoms with Crippen LogP contribution < -0.4 is 5.73 Å². The van der Waals surface area contributed by atoms with E-state index in [2.05, 4.69) is 9.98 Å². The molecule has 35 heavy (non-hydrogen) atoms. The predicted molar refractivity (Wildman–Crippen MR) is 133 cm³/mol. The minimum Gasteiger partial charge on any atom is -0.504 e. The zero-order valence-corrected chi connectivity index (χ0v) is 19.1. The summed E-state index contributed by atoms with van der Waals surface area (Å²) in [6, 6.07) is 3.25. The van der Waals surface area contributed by atoms with E-state index in [9.17, 15) is 30.6 Å². The minimum atomic E-state index is -0.581. The molecule has 4 aromatic rings. The molecule has 9 heteroatoms. The van der Waals surface area contributed by atoms with Gasteiger partial charge in [-0.3, -0.25) is 4.99 Å². The number of nitrogens with one attached hydrogen (secondary N) is 1. The second-order valence-corrected chi connectivity index (χ2v) is 8.70. The van der Waals surface area contributed by atoms with Crippen LogP contribution in [0.25, 0.3) is 33.2 Å². The first kappa shape index (κ1) is 22.4. The fourth-order valence-electron chi connectivity index (χ4n) is 4.93. The summed E-state index contributed by atoms with van der Waals surface area (Å²) in [4.78, 5) is 7.38. The molecule has 9 N–H and O–H groups in total. The number of hydrogen-bond donors (Lipinski definition) is 8. The topological polar surface area (TPSA) is 176 Å². The normalized spacial score (nSPS) is 12.5. The number of phenolic OH excluding ortho intramolecular Hbond substituents is 6. The standard InChI is InChI=1S/C26H25N3O6/c1-10-12(3-6-27)9-15(23(32)21(10)30)17-20-14(5-8-29-20)16(24(33)25(17)34)18-19-13(4-7-28-19)11(2)22(31)26(18)35/h5,7-9,29-35H,3-4,6,27H2,1-2H3. The van der Waals surface area contributed by atoms with Crippen molar-refractivity contribution < 1.29 is 30.6 Å². The summed E-state index contributed by atoms with van der Waals surface area (Å²) in [5.41, 5.74) is 9.08. The number of H-pyrrole nitrogens is 1. The number of phenols is 6. The molecule has 0 fully saturated rings. The lowest BCUT2D eigenvalue weighted by molar-refractivity contribution is 0.397. The Morgan fingerprint density at radius 2 is 1.51 bits per heavy atom. The first-order valence-electron chi connectivity index (χ1n) is 11.1. The third-order valence-electron chi connectivity index (χ3n) is 6.84.